The normalized spacial score (nSPS) is 22.1. The molecule has 1 aromatic heterocycles. The van der Waals surface area contributed by atoms with Crippen LogP contribution in [-0.2, 0) is 18.4 Å². The topological polar surface area (TPSA) is 80.3 Å². The van der Waals surface area contributed by atoms with E-state index in [9.17, 15) is 4.79 Å². The summed E-state index contributed by atoms with van der Waals surface area (Å²) in [5.41, 5.74) is 5.57. The molecule has 1 aromatic rings. The first-order valence-corrected chi connectivity index (χ1v) is 7.65. The zero-order chi connectivity index (χ0) is 15.0. The standard InChI is InChI=1S/C14H24N6O/c1-11-16-17-12(18(11)2)10-19-6-8-20(9-7-19)13(21)14(15)4-3-5-14/h3-10,15H2,1-2H3. The highest BCUT2D eigenvalue weighted by molar-refractivity contribution is 5.87. The van der Waals surface area contributed by atoms with Crippen LogP contribution in [0.25, 0.3) is 0 Å². The summed E-state index contributed by atoms with van der Waals surface area (Å²) in [6.07, 6.45) is 2.75. The van der Waals surface area contributed by atoms with Crippen molar-refractivity contribution in [3.05, 3.63) is 11.6 Å². The SMILES string of the molecule is Cc1nnc(CN2CCN(C(=O)C3(N)CCC3)CC2)n1C. The Balaban J connectivity index is 1.53. The molecule has 7 heteroatoms. The van der Waals surface area contributed by atoms with Crippen LogP contribution in [0, 0.1) is 6.92 Å². The van der Waals surface area contributed by atoms with E-state index in [1.165, 1.54) is 0 Å². The van der Waals surface area contributed by atoms with E-state index in [1.54, 1.807) is 0 Å². The molecule has 1 aliphatic heterocycles. The second kappa shape index (κ2) is 5.38. The highest BCUT2D eigenvalue weighted by atomic mass is 16.2. The van der Waals surface area contributed by atoms with Gasteiger partial charge in [-0.25, -0.2) is 0 Å². The first kappa shape index (κ1) is 14.5. The number of hydrogen-bond donors (Lipinski definition) is 1. The van der Waals surface area contributed by atoms with E-state index < -0.39 is 5.54 Å². The van der Waals surface area contributed by atoms with E-state index >= 15 is 0 Å². The van der Waals surface area contributed by atoms with Gasteiger partial charge in [-0.05, 0) is 26.2 Å². The maximum absolute atomic E-state index is 12.4. The van der Waals surface area contributed by atoms with Crippen molar-refractivity contribution in [3.8, 4) is 0 Å². The van der Waals surface area contributed by atoms with Gasteiger partial charge in [0.2, 0.25) is 5.91 Å². The number of carbonyl (C=O) groups excluding carboxylic acids is 1. The molecule has 0 bridgehead atoms. The molecule has 21 heavy (non-hydrogen) atoms. The number of nitrogens with zero attached hydrogens (tertiary/aromatic N) is 5. The van der Waals surface area contributed by atoms with Gasteiger partial charge in [0.1, 0.15) is 11.6 Å². The summed E-state index contributed by atoms with van der Waals surface area (Å²) in [5, 5.41) is 8.28. The molecule has 2 fully saturated rings. The molecule has 2 heterocycles. The molecule has 2 aliphatic rings. The molecule has 116 valence electrons. The minimum Gasteiger partial charge on any atom is -0.339 e. The third-order valence-electron chi connectivity index (χ3n) is 4.88. The highest BCUT2D eigenvalue weighted by Gasteiger charge is 2.43. The van der Waals surface area contributed by atoms with Crippen molar-refractivity contribution in [3.63, 3.8) is 0 Å². The van der Waals surface area contributed by atoms with Crippen LogP contribution in [0.5, 0.6) is 0 Å². The van der Waals surface area contributed by atoms with Gasteiger partial charge in [-0.3, -0.25) is 9.69 Å². The molecule has 2 N–H and O–H groups in total. The van der Waals surface area contributed by atoms with Gasteiger partial charge in [0.25, 0.3) is 0 Å². The largest absolute Gasteiger partial charge is 0.339 e. The average molecular weight is 292 g/mol. The van der Waals surface area contributed by atoms with Crippen LogP contribution in [0.2, 0.25) is 0 Å². The quantitative estimate of drug-likeness (QED) is 0.823. The molecule has 3 rings (SSSR count). The van der Waals surface area contributed by atoms with Crippen LogP contribution < -0.4 is 5.73 Å². The van der Waals surface area contributed by atoms with E-state index in [0.29, 0.717) is 0 Å². The predicted octanol–water partition coefficient (Wildman–Crippen LogP) is -0.351. The molecule has 0 radical (unpaired) electrons. The fourth-order valence-electron chi connectivity index (χ4n) is 2.98. The Hall–Kier alpha value is -1.47. The molecular weight excluding hydrogens is 268 g/mol. The van der Waals surface area contributed by atoms with Crippen LogP contribution in [0.1, 0.15) is 30.9 Å². The summed E-state index contributed by atoms with van der Waals surface area (Å²) in [5.74, 6) is 2.04. The molecule has 1 saturated heterocycles. The maximum Gasteiger partial charge on any atom is 0.242 e. The Labute approximate surface area is 125 Å². The Morgan fingerprint density at radius 2 is 1.90 bits per heavy atom. The van der Waals surface area contributed by atoms with Crippen molar-refractivity contribution < 1.29 is 4.79 Å². The van der Waals surface area contributed by atoms with Crippen LogP contribution in [0.15, 0.2) is 0 Å². The second-order valence-electron chi connectivity index (χ2n) is 6.30. The summed E-state index contributed by atoms with van der Waals surface area (Å²) in [7, 11) is 1.99. The van der Waals surface area contributed by atoms with Crippen molar-refractivity contribution in [1.82, 2.24) is 24.6 Å². The number of rotatable bonds is 3. The van der Waals surface area contributed by atoms with Gasteiger partial charge in [0.05, 0.1) is 12.1 Å². The zero-order valence-electron chi connectivity index (χ0n) is 12.9. The lowest BCUT2D eigenvalue weighted by Crippen LogP contribution is -2.62. The van der Waals surface area contributed by atoms with Gasteiger partial charge in [-0.1, -0.05) is 0 Å². The van der Waals surface area contributed by atoms with Gasteiger partial charge in [-0.2, -0.15) is 0 Å². The van der Waals surface area contributed by atoms with Crippen LogP contribution in [-0.4, -0.2) is 62.2 Å². The van der Waals surface area contributed by atoms with Gasteiger partial charge in [-0.15, -0.1) is 10.2 Å². The number of carbonyl (C=O) groups is 1. The number of hydrogen-bond acceptors (Lipinski definition) is 5. The van der Waals surface area contributed by atoms with Crippen molar-refractivity contribution in [2.45, 2.75) is 38.3 Å². The fraction of sp³-hybridized carbons (Fsp3) is 0.786. The van der Waals surface area contributed by atoms with Crippen molar-refractivity contribution >= 4 is 5.91 Å². The van der Waals surface area contributed by atoms with E-state index in [-0.39, 0.29) is 5.91 Å². The van der Waals surface area contributed by atoms with Gasteiger partial charge < -0.3 is 15.2 Å². The smallest absolute Gasteiger partial charge is 0.242 e. The molecule has 1 aliphatic carbocycles. The molecule has 1 saturated carbocycles. The Kier molecular flexibility index (Phi) is 3.71. The maximum atomic E-state index is 12.4. The second-order valence-corrected chi connectivity index (χ2v) is 6.30. The third kappa shape index (κ3) is 2.67. The van der Waals surface area contributed by atoms with E-state index in [2.05, 4.69) is 15.1 Å². The molecular formula is C14H24N6O. The Morgan fingerprint density at radius 1 is 1.24 bits per heavy atom. The van der Waals surface area contributed by atoms with Gasteiger partial charge in [0.15, 0.2) is 0 Å². The summed E-state index contributed by atoms with van der Waals surface area (Å²) in [4.78, 5) is 16.6. The molecule has 0 atom stereocenters. The summed E-state index contributed by atoms with van der Waals surface area (Å²) in [6.45, 7) is 5.99. The number of aromatic nitrogens is 3. The lowest BCUT2D eigenvalue weighted by molar-refractivity contribution is -0.142. The summed E-state index contributed by atoms with van der Waals surface area (Å²) in [6, 6.07) is 0. The number of nitrogens with two attached hydrogens (primary N) is 1. The minimum absolute atomic E-state index is 0.142. The fourth-order valence-corrected chi connectivity index (χ4v) is 2.98. The highest BCUT2D eigenvalue weighted by Crippen LogP contribution is 2.31. The van der Waals surface area contributed by atoms with Crippen LogP contribution in [0.3, 0.4) is 0 Å². The lowest BCUT2D eigenvalue weighted by atomic mass is 9.76. The van der Waals surface area contributed by atoms with Crippen LogP contribution >= 0.6 is 0 Å². The van der Waals surface area contributed by atoms with Crippen LogP contribution in [0.4, 0.5) is 0 Å². The Morgan fingerprint density at radius 3 is 2.38 bits per heavy atom. The van der Waals surface area contributed by atoms with Gasteiger partial charge >= 0.3 is 0 Å². The number of amides is 1. The monoisotopic (exact) mass is 292 g/mol. The number of piperazine rings is 1. The van der Waals surface area contributed by atoms with E-state index in [0.717, 1.165) is 63.6 Å². The zero-order valence-corrected chi connectivity index (χ0v) is 12.9. The summed E-state index contributed by atoms with van der Waals surface area (Å²) >= 11 is 0. The Bertz CT molecular complexity index is 528. The molecule has 0 aromatic carbocycles. The molecule has 1 amide bonds. The van der Waals surface area contributed by atoms with Crippen molar-refractivity contribution in [2.24, 2.45) is 12.8 Å². The molecule has 0 unspecified atom stereocenters. The summed E-state index contributed by atoms with van der Waals surface area (Å²) < 4.78 is 2.01. The van der Waals surface area contributed by atoms with Crippen molar-refractivity contribution in [2.75, 3.05) is 26.2 Å². The third-order valence-corrected chi connectivity index (χ3v) is 4.88. The predicted molar refractivity (Wildman–Crippen MR) is 78.4 cm³/mol. The van der Waals surface area contributed by atoms with E-state index in [4.69, 9.17) is 5.73 Å². The average Bonchev–Trinajstić information content (AvgIpc) is 2.77. The van der Waals surface area contributed by atoms with E-state index in [1.807, 2.05) is 23.4 Å². The van der Waals surface area contributed by atoms with Crippen molar-refractivity contribution in [1.29, 1.82) is 0 Å². The van der Waals surface area contributed by atoms with Gasteiger partial charge in [0, 0.05) is 33.2 Å². The molecule has 0 spiro atoms. The number of aryl methyl sites for hydroxylation is 1. The minimum atomic E-state index is -0.567. The first-order chi connectivity index (χ1) is 9.99. The molecule has 7 nitrogen and oxygen atoms in total. The lowest BCUT2D eigenvalue weighted by Gasteiger charge is -2.43. The first-order valence-electron chi connectivity index (χ1n) is 7.65.